The number of hydrogen-bond acceptors (Lipinski definition) is 9. The summed E-state index contributed by atoms with van der Waals surface area (Å²) >= 11 is 1.36. The molecule has 0 radical (unpaired) electrons. The number of rotatable bonds is 10. The van der Waals surface area contributed by atoms with E-state index in [4.69, 9.17) is 25.9 Å². The normalized spacial score (nSPS) is 13.4. The summed E-state index contributed by atoms with van der Waals surface area (Å²) in [7, 11) is 1.62. The first-order valence-corrected chi connectivity index (χ1v) is 11.4. The van der Waals surface area contributed by atoms with Crippen molar-refractivity contribution in [2.75, 3.05) is 44.1 Å². The van der Waals surface area contributed by atoms with Crippen molar-refractivity contribution in [3.05, 3.63) is 59.4 Å². The first-order chi connectivity index (χ1) is 16.1. The number of methoxy groups -OCH3 is 1. The second-order valence-corrected chi connectivity index (χ2v) is 8.17. The molecule has 170 valence electrons. The zero-order chi connectivity index (χ0) is 23.6. The summed E-state index contributed by atoms with van der Waals surface area (Å²) in [6.45, 7) is 2.58. The number of anilines is 1. The predicted molar refractivity (Wildman–Crippen MR) is 130 cm³/mol. The van der Waals surface area contributed by atoms with Crippen molar-refractivity contribution in [1.29, 1.82) is 10.5 Å². The smallest absolute Gasteiger partial charge is 0.148 e. The van der Waals surface area contributed by atoms with Gasteiger partial charge in [0.1, 0.15) is 40.9 Å². The van der Waals surface area contributed by atoms with E-state index < -0.39 is 0 Å². The molecule has 1 aromatic carbocycles. The number of thioether (sulfide) groups is 1. The van der Waals surface area contributed by atoms with Gasteiger partial charge < -0.3 is 25.8 Å². The van der Waals surface area contributed by atoms with Crippen LogP contribution < -0.4 is 21.1 Å². The number of benzene rings is 1. The fourth-order valence-corrected chi connectivity index (χ4v) is 4.09. The summed E-state index contributed by atoms with van der Waals surface area (Å²) in [5.74, 6) is 1.72. The van der Waals surface area contributed by atoms with Crippen LogP contribution in [0.5, 0.6) is 5.75 Å². The largest absolute Gasteiger partial charge is 0.491 e. The molecule has 1 fully saturated rings. The minimum absolute atomic E-state index is 0.357. The van der Waals surface area contributed by atoms with Crippen LogP contribution in [0.25, 0.3) is 11.1 Å². The summed E-state index contributed by atoms with van der Waals surface area (Å²) in [5.41, 5.74) is 14.1. The van der Waals surface area contributed by atoms with Gasteiger partial charge in [-0.3, -0.25) is 0 Å². The molecule has 8 nitrogen and oxygen atoms in total. The van der Waals surface area contributed by atoms with E-state index in [2.05, 4.69) is 17.0 Å². The van der Waals surface area contributed by atoms with E-state index in [0.717, 1.165) is 25.1 Å². The second-order valence-electron chi connectivity index (χ2n) is 7.21. The van der Waals surface area contributed by atoms with Crippen molar-refractivity contribution < 1.29 is 9.47 Å². The van der Waals surface area contributed by atoms with Crippen molar-refractivity contribution in [3.63, 3.8) is 0 Å². The van der Waals surface area contributed by atoms with E-state index in [1.807, 2.05) is 24.3 Å². The molecular weight excluding hydrogens is 436 g/mol. The molecule has 2 heterocycles. The number of hydrogen-bond donors (Lipinski definition) is 2. The zero-order valence-electron chi connectivity index (χ0n) is 18.5. The first kappa shape index (κ1) is 24.0. The number of aromatic nitrogens is 1. The van der Waals surface area contributed by atoms with E-state index in [-0.39, 0.29) is 0 Å². The molecule has 33 heavy (non-hydrogen) atoms. The molecule has 0 bridgehead atoms. The minimum atomic E-state index is 0.357. The van der Waals surface area contributed by atoms with Crippen LogP contribution in [0.15, 0.2) is 53.3 Å². The van der Waals surface area contributed by atoms with Crippen molar-refractivity contribution in [2.45, 2.75) is 11.4 Å². The Morgan fingerprint density at radius 1 is 1.18 bits per heavy atom. The second kappa shape index (κ2) is 11.8. The molecule has 2 aromatic rings. The predicted octanol–water partition coefficient (Wildman–Crippen LogP) is 3.13. The number of pyridine rings is 1. The maximum Gasteiger partial charge on any atom is 0.148 e. The topological polar surface area (TPSA) is 134 Å². The maximum absolute atomic E-state index is 10.0. The highest BCUT2D eigenvalue weighted by molar-refractivity contribution is 7.99. The fourth-order valence-electron chi connectivity index (χ4n) is 3.25. The monoisotopic (exact) mass is 462 g/mol. The van der Waals surface area contributed by atoms with Crippen LogP contribution in [0, 0.1) is 22.7 Å². The molecule has 0 unspecified atom stereocenters. The fraction of sp³-hybridized carbons (Fsp3) is 0.292. The highest BCUT2D eigenvalue weighted by Crippen LogP contribution is 2.39. The molecule has 9 heteroatoms. The average molecular weight is 463 g/mol. The summed E-state index contributed by atoms with van der Waals surface area (Å²) in [5, 5.41) is 20.6. The molecule has 1 saturated heterocycles. The van der Waals surface area contributed by atoms with Gasteiger partial charge in [-0.1, -0.05) is 23.9 Å². The summed E-state index contributed by atoms with van der Waals surface area (Å²) in [6.07, 6.45) is 5.81. The Balaban J connectivity index is 2.05. The quantitative estimate of drug-likeness (QED) is 0.310. The lowest BCUT2D eigenvalue weighted by Gasteiger charge is -2.33. The Hall–Kier alpha value is -3.66. The van der Waals surface area contributed by atoms with Gasteiger partial charge in [0.25, 0.3) is 0 Å². The summed E-state index contributed by atoms with van der Waals surface area (Å²) in [6, 6.07) is 11.9. The Bertz CT molecular complexity index is 1110. The van der Waals surface area contributed by atoms with E-state index in [1.165, 1.54) is 18.0 Å². The SMILES string of the molecule is COCCOc1ccc(-c2c(C#N)c(SC/C(N)=C/C=C\N)nc(N3CCC3)c2C#N)cc1. The third-order valence-electron chi connectivity index (χ3n) is 5.02. The van der Waals surface area contributed by atoms with Crippen LogP contribution in [-0.4, -0.2) is 44.1 Å². The van der Waals surface area contributed by atoms with E-state index >= 15 is 0 Å². The van der Waals surface area contributed by atoms with Crippen LogP contribution >= 0.6 is 11.8 Å². The van der Waals surface area contributed by atoms with Gasteiger partial charge in [0.05, 0.1) is 12.2 Å². The van der Waals surface area contributed by atoms with Gasteiger partial charge >= 0.3 is 0 Å². The van der Waals surface area contributed by atoms with Crippen molar-refractivity contribution in [1.82, 2.24) is 4.98 Å². The molecule has 0 atom stereocenters. The first-order valence-electron chi connectivity index (χ1n) is 10.4. The molecule has 1 aliphatic rings. The number of allylic oxidation sites excluding steroid dienone is 2. The molecule has 1 aromatic heterocycles. The molecule has 0 saturated carbocycles. The molecule has 0 amide bonds. The summed E-state index contributed by atoms with van der Waals surface area (Å²) in [4.78, 5) is 6.78. The molecule has 3 rings (SSSR count). The lowest BCUT2D eigenvalue weighted by Crippen LogP contribution is -2.38. The van der Waals surface area contributed by atoms with E-state index in [0.29, 0.717) is 57.9 Å². The van der Waals surface area contributed by atoms with Gasteiger partial charge in [-0.2, -0.15) is 10.5 Å². The van der Waals surface area contributed by atoms with Crippen molar-refractivity contribution in [2.24, 2.45) is 11.5 Å². The third-order valence-corrected chi connectivity index (χ3v) is 6.07. The number of nitrogens with two attached hydrogens (primary N) is 2. The molecule has 0 spiro atoms. The van der Waals surface area contributed by atoms with Gasteiger partial charge in [-0.15, -0.1) is 0 Å². The van der Waals surface area contributed by atoms with Crippen LogP contribution in [0.2, 0.25) is 0 Å². The Morgan fingerprint density at radius 3 is 2.48 bits per heavy atom. The van der Waals surface area contributed by atoms with Gasteiger partial charge in [-0.25, -0.2) is 4.98 Å². The van der Waals surface area contributed by atoms with Gasteiger partial charge in [0.15, 0.2) is 0 Å². The third kappa shape index (κ3) is 5.78. The van der Waals surface area contributed by atoms with Crippen LogP contribution in [0.4, 0.5) is 5.82 Å². The molecule has 4 N–H and O–H groups in total. The number of ether oxygens (including phenoxy) is 2. The zero-order valence-corrected chi connectivity index (χ0v) is 19.3. The van der Waals surface area contributed by atoms with Crippen molar-refractivity contribution in [3.8, 4) is 29.0 Å². The van der Waals surface area contributed by atoms with E-state index in [1.54, 1.807) is 19.3 Å². The highest BCUT2D eigenvalue weighted by Gasteiger charge is 2.27. The van der Waals surface area contributed by atoms with Crippen LogP contribution in [0.3, 0.4) is 0 Å². The lowest BCUT2D eigenvalue weighted by molar-refractivity contribution is 0.146. The maximum atomic E-state index is 10.0. The van der Waals surface area contributed by atoms with Gasteiger partial charge in [0, 0.05) is 37.2 Å². The average Bonchev–Trinajstić information content (AvgIpc) is 2.80. The minimum Gasteiger partial charge on any atom is -0.491 e. The van der Waals surface area contributed by atoms with Crippen LogP contribution in [0.1, 0.15) is 17.5 Å². The van der Waals surface area contributed by atoms with Gasteiger partial charge in [0.2, 0.25) is 0 Å². The van der Waals surface area contributed by atoms with Crippen LogP contribution in [-0.2, 0) is 4.74 Å². The molecular formula is C24H26N6O2S. The Labute approximate surface area is 198 Å². The van der Waals surface area contributed by atoms with Gasteiger partial charge in [-0.05, 0) is 42.5 Å². The van der Waals surface area contributed by atoms with Crippen molar-refractivity contribution >= 4 is 17.6 Å². The Kier molecular flexibility index (Phi) is 8.59. The standard InChI is InChI=1S/C24H26N6O2S/c1-31-12-13-32-19-7-5-17(6-8-19)22-20(14-26)23(30-10-3-11-30)29-24(21(22)15-27)33-16-18(28)4-2-9-25/h2,4-9H,3,10-13,16,25,28H2,1H3/b9-2-,18-4-. The molecule has 1 aliphatic heterocycles. The number of nitrogens with zero attached hydrogens (tertiary/aromatic N) is 4. The molecule has 0 aliphatic carbocycles. The highest BCUT2D eigenvalue weighted by atomic mass is 32.2. The van der Waals surface area contributed by atoms with E-state index in [9.17, 15) is 10.5 Å². The number of nitriles is 2. The Morgan fingerprint density at radius 2 is 1.91 bits per heavy atom. The lowest BCUT2D eigenvalue weighted by atomic mass is 9.96. The summed E-state index contributed by atoms with van der Waals surface area (Å²) < 4.78 is 10.7.